The molecule has 5 rings (SSSR count). The van der Waals surface area contributed by atoms with Crippen molar-refractivity contribution in [3.05, 3.63) is 89.5 Å². The van der Waals surface area contributed by atoms with Crippen LogP contribution in [0.3, 0.4) is 0 Å². The molecule has 1 aliphatic carbocycles. The second-order valence-corrected chi connectivity index (χ2v) is 8.89. The van der Waals surface area contributed by atoms with E-state index in [1.165, 1.54) is 5.56 Å². The van der Waals surface area contributed by atoms with Crippen molar-refractivity contribution in [2.75, 3.05) is 7.11 Å². The number of aromatic nitrogens is 1. The summed E-state index contributed by atoms with van der Waals surface area (Å²) < 4.78 is 12.7. The van der Waals surface area contributed by atoms with Crippen molar-refractivity contribution in [1.29, 1.82) is 0 Å². The highest BCUT2D eigenvalue weighted by molar-refractivity contribution is 5.89. The first kappa shape index (κ1) is 22.8. The van der Waals surface area contributed by atoms with Gasteiger partial charge in [0.2, 0.25) is 11.8 Å². The Morgan fingerprint density at radius 2 is 1.94 bits per heavy atom. The summed E-state index contributed by atoms with van der Waals surface area (Å²) in [5, 5.41) is 7.15. The third-order valence-electron chi connectivity index (χ3n) is 6.69. The predicted molar refractivity (Wildman–Crippen MR) is 133 cm³/mol. The Hall–Kier alpha value is -4.00. The second-order valence-electron chi connectivity index (χ2n) is 8.89. The van der Waals surface area contributed by atoms with Crippen molar-refractivity contribution in [3.8, 4) is 5.75 Å². The van der Waals surface area contributed by atoms with Gasteiger partial charge in [0.05, 0.1) is 19.9 Å². The number of fused-ring (bicyclic) bond motifs is 3. The molecule has 180 valence electrons. The molecule has 0 bridgehead atoms. The molecule has 7 nitrogen and oxygen atoms in total. The van der Waals surface area contributed by atoms with Crippen molar-refractivity contribution in [3.63, 3.8) is 0 Å². The van der Waals surface area contributed by atoms with Gasteiger partial charge in [-0.05, 0) is 60.7 Å². The molecule has 1 atom stereocenters. The zero-order chi connectivity index (χ0) is 24.2. The fourth-order valence-electron chi connectivity index (χ4n) is 4.92. The fraction of sp³-hybridized carbons (Fsp3) is 0.286. The summed E-state index contributed by atoms with van der Waals surface area (Å²) in [6.07, 6.45) is 3.78. The number of hydrogen-bond donors (Lipinski definition) is 2. The molecule has 7 heteroatoms. The molecule has 1 unspecified atom stereocenters. The standard InChI is InChI=1S/C28H29N3O4/c1-34-21-7-4-6-19(14-21)16-29-27(32)18-31-25-10-3-2-9-23(25)24-15-20(11-12-26(24)31)28(33)30-17-22-8-5-13-35-22/h2-10,13-14,20H,11-12,15-18H2,1H3,(H,29,32)(H,30,33). The lowest BCUT2D eigenvalue weighted by Crippen LogP contribution is -2.34. The molecule has 0 aliphatic heterocycles. The number of ether oxygens (including phenoxy) is 1. The van der Waals surface area contributed by atoms with Crippen LogP contribution in [0.2, 0.25) is 0 Å². The summed E-state index contributed by atoms with van der Waals surface area (Å²) in [6.45, 7) is 1.08. The highest BCUT2D eigenvalue weighted by atomic mass is 16.5. The Bertz CT molecular complexity index is 1340. The minimum Gasteiger partial charge on any atom is -0.497 e. The van der Waals surface area contributed by atoms with Gasteiger partial charge in [0.25, 0.3) is 0 Å². The number of nitrogens with zero attached hydrogens (tertiary/aromatic N) is 1. The third kappa shape index (κ3) is 4.94. The van der Waals surface area contributed by atoms with E-state index in [9.17, 15) is 9.59 Å². The quantitative estimate of drug-likeness (QED) is 0.407. The van der Waals surface area contributed by atoms with Crippen LogP contribution in [0.4, 0.5) is 0 Å². The van der Waals surface area contributed by atoms with Crippen molar-refractivity contribution >= 4 is 22.7 Å². The molecule has 0 saturated carbocycles. The van der Waals surface area contributed by atoms with Crippen LogP contribution >= 0.6 is 0 Å². The summed E-state index contributed by atoms with van der Waals surface area (Å²) in [6, 6.07) is 19.5. The lowest BCUT2D eigenvalue weighted by atomic mass is 9.85. The van der Waals surface area contributed by atoms with E-state index in [0.717, 1.165) is 46.5 Å². The van der Waals surface area contributed by atoms with Crippen molar-refractivity contribution in [1.82, 2.24) is 15.2 Å². The monoisotopic (exact) mass is 471 g/mol. The van der Waals surface area contributed by atoms with Gasteiger partial charge in [-0.15, -0.1) is 0 Å². The lowest BCUT2D eigenvalue weighted by molar-refractivity contribution is -0.125. The first-order chi connectivity index (χ1) is 17.1. The van der Waals surface area contributed by atoms with E-state index in [4.69, 9.17) is 9.15 Å². The van der Waals surface area contributed by atoms with Gasteiger partial charge in [-0.2, -0.15) is 0 Å². The van der Waals surface area contributed by atoms with Crippen molar-refractivity contribution in [2.45, 2.75) is 38.9 Å². The normalized spacial score (nSPS) is 14.9. The first-order valence-electron chi connectivity index (χ1n) is 11.9. The summed E-state index contributed by atoms with van der Waals surface area (Å²) >= 11 is 0. The van der Waals surface area contributed by atoms with Crippen molar-refractivity contribution < 1.29 is 18.7 Å². The number of carbonyl (C=O) groups is 2. The van der Waals surface area contributed by atoms with Crippen LogP contribution < -0.4 is 15.4 Å². The average Bonchev–Trinajstić information content (AvgIpc) is 3.53. The molecule has 1 aliphatic rings. The molecule has 2 heterocycles. The lowest BCUT2D eigenvalue weighted by Gasteiger charge is -2.23. The number of benzene rings is 2. The Balaban J connectivity index is 1.30. The molecule has 0 fully saturated rings. The van der Waals surface area contributed by atoms with Crippen LogP contribution in [0.15, 0.2) is 71.3 Å². The molecule has 4 aromatic rings. The minimum absolute atomic E-state index is 0.0416. The van der Waals surface area contributed by atoms with E-state index in [-0.39, 0.29) is 24.3 Å². The number of hydrogen-bond acceptors (Lipinski definition) is 4. The number of carbonyl (C=O) groups excluding carboxylic acids is 2. The maximum atomic E-state index is 12.9. The fourth-order valence-corrected chi connectivity index (χ4v) is 4.92. The Kier molecular flexibility index (Phi) is 6.57. The number of nitrogens with one attached hydrogen (secondary N) is 2. The number of amides is 2. The second kappa shape index (κ2) is 10.1. The van der Waals surface area contributed by atoms with Gasteiger partial charge in [-0.3, -0.25) is 9.59 Å². The average molecular weight is 472 g/mol. The topological polar surface area (TPSA) is 85.5 Å². The molecule has 2 aromatic heterocycles. The Morgan fingerprint density at radius 1 is 1.06 bits per heavy atom. The van der Waals surface area contributed by atoms with Crippen molar-refractivity contribution in [2.24, 2.45) is 5.92 Å². The molecule has 0 spiro atoms. The zero-order valence-electron chi connectivity index (χ0n) is 19.8. The van der Waals surface area contributed by atoms with E-state index >= 15 is 0 Å². The van der Waals surface area contributed by atoms with E-state index in [2.05, 4.69) is 27.3 Å². The van der Waals surface area contributed by atoms with Gasteiger partial charge >= 0.3 is 0 Å². The SMILES string of the molecule is COc1cccc(CNC(=O)Cn2c3c(c4ccccc42)CC(C(=O)NCc2ccco2)CC3)c1. The van der Waals surface area contributed by atoms with Crippen LogP contribution in [0, 0.1) is 5.92 Å². The molecule has 2 N–H and O–H groups in total. The molecule has 0 radical (unpaired) electrons. The maximum absolute atomic E-state index is 12.9. The smallest absolute Gasteiger partial charge is 0.240 e. The van der Waals surface area contributed by atoms with Gasteiger partial charge in [0.15, 0.2) is 0 Å². The minimum atomic E-state index is -0.0985. The molecular formula is C28H29N3O4. The van der Waals surface area contributed by atoms with Gasteiger partial charge < -0.3 is 24.4 Å². The summed E-state index contributed by atoms with van der Waals surface area (Å²) in [4.78, 5) is 25.8. The van der Waals surface area contributed by atoms with Gasteiger partial charge in [-0.25, -0.2) is 0 Å². The zero-order valence-corrected chi connectivity index (χ0v) is 19.8. The third-order valence-corrected chi connectivity index (χ3v) is 6.69. The molecule has 2 amide bonds. The largest absolute Gasteiger partial charge is 0.497 e. The van der Waals surface area contributed by atoms with Crippen LogP contribution in [0.25, 0.3) is 10.9 Å². The molecular weight excluding hydrogens is 442 g/mol. The number of methoxy groups -OCH3 is 1. The van der Waals surface area contributed by atoms with Gasteiger partial charge in [0, 0.05) is 29.1 Å². The summed E-state index contributed by atoms with van der Waals surface area (Å²) in [5.74, 6) is 1.41. The van der Waals surface area contributed by atoms with Gasteiger partial charge in [-0.1, -0.05) is 30.3 Å². The highest BCUT2D eigenvalue weighted by Crippen LogP contribution is 2.34. The van der Waals surface area contributed by atoms with E-state index in [0.29, 0.717) is 19.5 Å². The maximum Gasteiger partial charge on any atom is 0.240 e. The van der Waals surface area contributed by atoms with Gasteiger partial charge in [0.1, 0.15) is 18.1 Å². The Morgan fingerprint density at radius 3 is 2.77 bits per heavy atom. The number of para-hydroxylation sites is 1. The predicted octanol–water partition coefficient (Wildman–Crippen LogP) is 3.98. The molecule has 2 aromatic carbocycles. The number of rotatable bonds is 8. The van der Waals surface area contributed by atoms with Crippen LogP contribution in [0.5, 0.6) is 5.75 Å². The van der Waals surface area contributed by atoms with Crippen LogP contribution in [0.1, 0.15) is 29.0 Å². The van der Waals surface area contributed by atoms with E-state index in [1.807, 2.05) is 48.5 Å². The Labute approximate surface area is 204 Å². The first-order valence-corrected chi connectivity index (χ1v) is 11.9. The molecule has 0 saturated heterocycles. The van der Waals surface area contributed by atoms with Crippen LogP contribution in [-0.2, 0) is 42.1 Å². The summed E-state index contributed by atoms with van der Waals surface area (Å²) in [5.41, 5.74) is 4.34. The molecule has 35 heavy (non-hydrogen) atoms. The van der Waals surface area contributed by atoms with Crippen LogP contribution in [-0.4, -0.2) is 23.5 Å². The van der Waals surface area contributed by atoms with E-state index in [1.54, 1.807) is 13.4 Å². The van der Waals surface area contributed by atoms with E-state index < -0.39 is 0 Å². The summed E-state index contributed by atoms with van der Waals surface area (Å²) in [7, 11) is 1.63. The number of furan rings is 1. The highest BCUT2D eigenvalue weighted by Gasteiger charge is 2.29.